The van der Waals surface area contributed by atoms with Crippen LogP contribution in [-0.4, -0.2) is 29.7 Å². The summed E-state index contributed by atoms with van der Waals surface area (Å²) in [6.45, 7) is 1.65. The summed E-state index contributed by atoms with van der Waals surface area (Å²) < 4.78 is 27.7. The van der Waals surface area contributed by atoms with Crippen molar-refractivity contribution in [3.63, 3.8) is 0 Å². The molecule has 5 nitrogen and oxygen atoms in total. The molecule has 0 radical (unpaired) electrons. The Labute approximate surface area is 135 Å². The van der Waals surface area contributed by atoms with Crippen LogP contribution in [0.1, 0.15) is 0 Å². The van der Waals surface area contributed by atoms with E-state index in [1.807, 2.05) is 0 Å². The Kier molecular flexibility index (Phi) is 4.16. The molecule has 2 heterocycles. The molecule has 1 aliphatic rings. The van der Waals surface area contributed by atoms with Gasteiger partial charge in [-0.3, -0.25) is 9.48 Å². The maximum atomic E-state index is 14.3. The molecule has 1 aliphatic heterocycles. The van der Waals surface area contributed by atoms with E-state index in [1.54, 1.807) is 4.68 Å². The minimum absolute atomic E-state index is 0.0743. The number of halogens is 3. The van der Waals surface area contributed by atoms with Gasteiger partial charge in [-0.2, -0.15) is 0 Å². The molecule has 0 aliphatic carbocycles. The van der Waals surface area contributed by atoms with Gasteiger partial charge >= 0.3 is 0 Å². The minimum atomic E-state index is -0.623. The highest BCUT2D eigenvalue weighted by Crippen LogP contribution is 2.35. The molecule has 0 amide bonds. The highest BCUT2D eigenvalue weighted by Gasteiger charge is 2.24. The van der Waals surface area contributed by atoms with Gasteiger partial charge in [-0.1, -0.05) is 23.2 Å². The van der Waals surface area contributed by atoms with Gasteiger partial charge in [0.15, 0.2) is 0 Å². The van der Waals surface area contributed by atoms with Crippen molar-refractivity contribution >= 4 is 23.2 Å². The molecule has 3 rings (SSSR count). The van der Waals surface area contributed by atoms with Crippen molar-refractivity contribution in [2.45, 2.75) is 13.1 Å². The minimum Gasteiger partial charge on any atom is -0.495 e. The van der Waals surface area contributed by atoms with E-state index >= 15 is 0 Å². The standard InChI is InChI=1S/C14H13Cl2FN2O3/c1-21-11-6-8(10(17)7-9(11)15)12-13(16)18-2-4-22-5-3-19(18)14(12)20/h6-7H,2-5H2,1H3. The Morgan fingerprint density at radius 2 is 1.91 bits per heavy atom. The lowest BCUT2D eigenvalue weighted by Crippen LogP contribution is -2.23. The predicted molar refractivity (Wildman–Crippen MR) is 81.5 cm³/mol. The monoisotopic (exact) mass is 346 g/mol. The smallest absolute Gasteiger partial charge is 0.276 e. The molecule has 8 heteroatoms. The van der Waals surface area contributed by atoms with E-state index in [9.17, 15) is 9.18 Å². The number of hydrogen-bond donors (Lipinski definition) is 0. The fraction of sp³-hybridized carbons (Fsp3) is 0.357. The zero-order valence-electron chi connectivity index (χ0n) is 11.7. The highest BCUT2D eigenvalue weighted by atomic mass is 35.5. The Bertz CT molecular complexity index is 785. The van der Waals surface area contributed by atoms with E-state index in [2.05, 4.69) is 0 Å². The van der Waals surface area contributed by atoms with Crippen molar-refractivity contribution in [1.29, 1.82) is 0 Å². The normalized spacial score (nSPS) is 14.5. The average molecular weight is 347 g/mol. The van der Waals surface area contributed by atoms with E-state index in [0.717, 1.165) is 6.07 Å². The number of nitrogens with zero attached hydrogens (tertiary/aromatic N) is 2. The van der Waals surface area contributed by atoms with E-state index in [-0.39, 0.29) is 32.6 Å². The molecule has 0 atom stereocenters. The van der Waals surface area contributed by atoms with Gasteiger partial charge in [0, 0.05) is 5.56 Å². The van der Waals surface area contributed by atoms with E-state index < -0.39 is 5.82 Å². The molecule has 1 aromatic carbocycles. The average Bonchev–Trinajstić information content (AvgIpc) is 2.68. The Morgan fingerprint density at radius 1 is 1.23 bits per heavy atom. The van der Waals surface area contributed by atoms with Gasteiger partial charge in [-0.15, -0.1) is 0 Å². The lowest BCUT2D eigenvalue weighted by atomic mass is 10.1. The summed E-state index contributed by atoms with van der Waals surface area (Å²) >= 11 is 12.2. The van der Waals surface area contributed by atoms with Crippen LogP contribution in [0.25, 0.3) is 11.1 Å². The number of aromatic nitrogens is 2. The molecule has 0 unspecified atom stereocenters. The number of methoxy groups -OCH3 is 1. The fourth-order valence-corrected chi connectivity index (χ4v) is 3.10. The molecule has 2 aromatic rings. The topological polar surface area (TPSA) is 45.4 Å². The zero-order chi connectivity index (χ0) is 15.9. The Hall–Kier alpha value is -1.50. The lowest BCUT2D eigenvalue weighted by Gasteiger charge is -2.08. The first-order valence-electron chi connectivity index (χ1n) is 6.65. The summed E-state index contributed by atoms with van der Waals surface area (Å²) in [6.07, 6.45) is 0. The first-order valence-corrected chi connectivity index (χ1v) is 7.40. The van der Waals surface area contributed by atoms with Crippen LogP contribution in [0.5, 0.6) is 5.75 Å². The van der Waals surface area contributed by atoms with Crippen molar-refractivity contribution in [3.05, 3.63) is 38.5 Å². The number of fused-ring (bicyclic) bond motifs is 1. The summed E-state index contributed by atoms with van der Waals surface area (Å²) in [5, 5.41) is 0.313. The third kappa shape index (κ3) is 2.41. The molecule has 22 heavy (non-hydrogen) atoms. The van der Waals surface area contributed by atoms with Crippen LogP contribution >= 0.6 is 23.2 Å². The molecule has 0 N–H and O–H groups in total. The van der Waals surface area contributed by atoms with Crippen LogP contribution in [-0.2, 0) is 17.8 Å². The molecular weight excluding hydrogens is 334 g/mol. The van der Waals surface area contributed by atoms with Gasteiger partial charge in [0.05, 0.1) is 44.0 Å². The number of rotatable bonds is 2. The molecule has 0 saturated heterocycles. The summed E-state index contributed by atoms with van der Waals surface area (Å²) in [4.78, 5) is 12.6. The highest BCUT2D eigenvalue weighted by molar-refractivity contribution is 6.33. The number of hydrogen-bond acceptors (Lipinski definition) is 3. The SMILES string of the molecule is COc1cc(-c2c(Cl)n3n(c2=O)CCOCC3)c(F)cc1Cl. The number of ether oxygens (including phenoxy) is 2. The number of benzene rings is 1. The van der Waals surface area contributed by atoms with E-state index in [1.165, 1.54) is 17.9 Å². The second-order valence-electron chi connectivity index (χ2n) is 4.80. The van der Waals surface area contributed by atoms with Crippen molar-refractivity contribution in [1.82, 2.24) is 9.36 Å². The third-order valence-corrected chi connectivity index (χ3v) is 4.26. The van der Waals surface area contributed by atoms with Crippen LogP contribution in [0.2, 0.25) is 10.2 Å². The summed E-state index contributed by atoms with van der Waals surface area (Å²) in [6, 6.07) is 2.50. The predicted octanol–water partition coefficient (Wildman–Crippen LogP) is 2.80. The van der Waals surface area contributed by atoms with Crippen molar-refractivity contribution in [2.75, 3.05) is 20.3 Å². The second-order valence-corrected chi connectivity index (χ2v) is 5.56. The van der Waals surface area contributed by atoms with Crippen LogP contribution in [0.15, 0.2) is 16.9 Å². The van der Waals surface area contributed by atoms with Crippen LogP contribution < -0.4 is 10.3 Å². The molecular formula is C14H13Cl2FN2O3. The molecule has 0 bridgehead atoms. The summed E-state index contributed by atoms with van der Waals surface area (Å²) in [5.41, 5.74) is -0.181. The van der Waals surface area contributed by atoms with Crippen LogP contribution in [0.3, 0.4) is 0 Å². The fourth-order valence-electron chi connectivity index (χ4n) is 2.51. The maximum Gasteiger partial charge on any atom is 0.276 e. The van der Waals surface area contributed by atoms with E-state index in [4.69, 9.17) is 32.7 Å². The second kappa shape index (κ2) is 5.95. The van der Waals surface area contributed by atoms with Gasteiger partial charge in [-0.25, -0.2) is 9.07 Å². The van der Waals surface area contributed by atoms with Crippen molar-refractivity contribution in [3.8, 4) is 16.9 Å². The maximum absolute atomic E-state index is 14.3. The van der Waals surface area contributed by atoms with Gasteiger partial charge < -0.3 is 9.47 Å². The summed E-state index contributed by atoms with van der Waals surface area (Å²) in [5.74, 6) is -0.342. The van der Waals surface area contributed by atoms with Crippen molar-refractivity contribution < 1.29 is 13.9 Å². The van der Waals surface area contributed by atoms with Gasteiger partial charge in [-0.05, 0) is 12.1 Å². The van der Waals surface area contributed by atoms with Gasteiger partial charge in [0.25, 0.3) is 5.56 Å². The van der Waals surface area contributed by atoms with Crippen LogP contribution in [0.4, 0.5) is 4.39 Å². The summed E-state index contributed by atoms with van der Waals surface area (Å²) in [7, 11) is 1.42. The largest absolute Gasteiger partial charge is 0.495 e. The van der Waals surface area contributed by atoms with Crippen LogP contribution in [0, 0.1) is 5.82 Å². The Morgan fingerprint density at radius 3 is 2.59 bits per heavy atom. The molecule has 0 fully saturated rings. The first-order chi connectivity index (χ1) is 10.5. The molecule has 0 saturated carbocycles. The molecule has 0 spiro atoms. The van der Waals surface area contributed by atoms with Crippen molar-refractivity contribution in [2.24, 2.45) is 0 Å². The lowest BCUT2D eigenvalue weighted by molar-refractivity contribution is 0.137. The molecule has 118 valence electrons. The first kappa shape index (κ1) is 15.4. The van der Waals surface area contributed by atoms with Gasteiger partial charge in [0.2, 0.25) is 0 Å². The Balaban J connectivity index is 2.24. The van der Waals surface area contributed by atoms with E-state index in [0.29, 0.717) is 26.3 Å². The quantitative estimate of drug-likeness (QED) is 0.839. The molecule has 1 aromatic heterocycles. The third-order valence-electron chi connectivity index (χ3n) is 3.58. The zero-order valence-corrected chi connectivity index (χ0v) is 13.2. The van der Waals surface area contributed by atoms with Gasteiger partial charge in [0.1, 0.15) is 16.7 Å².